The average molecular weight is 392 g/mol. The minimum absolute atomic E-state index is 0.175. The molecule has 0 aromatic heterocycles. The highest BCUT2D eigenvalue weighted by Crippen LogP contribution is 2.25. The number of hydrogen-bond donors (Lipinski definition) is 3. The van der Waals surface area contributed by atoms with Gasteiger partial charge < -0.3 is 29.7 Å². The topological polar surface area (TPSA) is 117 Å². The van der Waals surface area contributed by atoms with Crippen molar-refractivity contribution in [3.63, 3.8) is 0 Å². The number of hydrogen-bond acceptors (Lipinski definition) is 6. The van der Waals surface area contributed by atoms with Gasteiger partial charge in [-0.25, -0.2) is 9.59 Å². The van der Waals surface area contributed by atoms with E-state index in [-0.39, 0.29) is 6.61 Å². The second kappa shape index (κ2) is 13.3. The van der Waals surface area contributed by atoms with Gasteiger partial charge in [0.25, 0.3) is 0 Å². The molecule has 0 amide bonds. The normalized spacial score (nSPS) is 10.2. The molecule has 8 nitrogen and oxygen atoms in total. The van der Waals surface area contributed by atoms with E-state index in [1.807, 2.05) is 37.9 Å². The van der Waals surface area contributed by atoms with E-state index in [0.717, 1.165) is 28.4 Å². The Labute approximate surface area is 157 Å². The summed E-state index contributed by atoms with van der Waals surface area (Å²) in [5, 5.41) is 24.3. The molecule has 1 rings (SSSR count). The third-order valence-electron chi connectivity index (χ3n) is 3.19. The molecule has 0 bridgehead atoms. The monoisotopic (exact) mass is 391 g/mol. The highest BCUT2D eigenvalue weighted by Gasteiger charge is 2.04. The minimum Gasteiger partial charge on any atom is -0.491 e. The maximum absolute atomic E-state index is 9.10. The molecule has 1 aromatic carbocycles. The molecule has 0 fully saturated rings. The van der Waals surface area contributed by atoms with Gasteiger partial charge in [0.05, 0.1) is 19.8 Å². The number of carboxylic acids is 2. The van der Waals surface area contributed by atoms with Gasteiger partial charge >= 0.3 is 11.9 Å². The number of likely N-dealkylation sites (N-methyl/N-ethyl adjacent to an activating group) is 1. The lowest BCUT2D eigenvalue weighted by molar-refractivity contribution is -0.159. The Kier molecular flexibility index (Phi) is 12.4. The number of rotatable bonds is 9. The highest BCUT2D eigenvalue weighted by molar-refractivity contribution is 6.32. The summed E-state index contributed by atoms with van der Waals surface area (Å²) in [5.74, 6) is -2.82. The fraction of sp³-hybridized carbons (Fsp3) is 0.529. The number of nitrogens with zero attached hydrogens (tertiary/aromatic N) is 1. The first kappa shape index (κ1) is 24.1. The van der Waals surface area contributed by atoms with E-state index < -0.39 is 11.9 Å². The molecular formula is C17H26ClNO7. The van der Waals surface area contributed by atoms with Gasteiger partial charge in [-0.15, -0.1) is 0 Å². The van der Waals surface area contributed by atoms with Crippen LogP contribution in [0.4, 0.5) is 0 Å². The first-order valence-corrected chi connectivity index (χ1v) is 8.29. The predicted octanol–water partition coefficient (Wildman–Crippen LogP) is 1.43. The summed E-state index contributed by atoms with van der Waals surface area (Å²) < 4.78 is 11.1. The zero-order valence-corrected chi connectivity index (χ0v) is 16.0. The van der Waals surface area contributed by atoms with Gasteiger partial charge in [-0.1, -0.05) is 11.6 Å². The lowest BCUT2D eigenvalue weighted by Crippen LogP contribution is -2.26. The lowest BCUT2D eigenvalue weighted by atomic mass is 10.1. The van der Waals surface area contributed by atoms with Crippen LogP contribution in [0.15, 0.2) is 12.1 Å². The molecule has 0 saturated heterocycles. The van der Waals surface area contributed by atoms with Crippen LogP contribution in [-0.2, 0) is 14.3 Å². The fourth-order valence-electron chi connectivity index (χ4n) is 1.81. The fourth-order valence-corrected chi connectivity index (χ4v) is 1.92. The molecule has 3 N–H and O–H groups in total. The number of aliphatic hydroxyl groups excluding tert-OH is 1. The maximum Gasteiger partial charge on any atom is 0.414 e. The van der Waals surface area contributed by atoms with E-state index in [1.54, 1.807) is 0 Å². The second-order valence-corrected chi connectivity index (χ2v) is 5.85. The molecule has 26 heavy (non-hydrogen) atoms. The van der Waals surface area contributed by atoms with Crippen molar-refractivity contribution in [2.24, 2.45) is 0 Å². The maximum atomic E-state index is 9.10. The molecule has 0 saturated carbocycles. The summed E-state index contributed by atoms with van der Waals surface area (Å²) in [6.45, 7) is 7.29. The van der Waals surface area contributed by atoms with Crippen molar-refractivity contribution in [3.05, 3.63) is 28.3 Å². The third kappa shape index (κ3) is 10.9. The van der Waals surface area contributed by atoms with Crippen molar-refractivity contribution < 1.29 is 34.4 Å². The van der Waals surface area contributed by atoms with Gasteiger partial charge in [0.2, 0.25) is 0 Å². The predicted molar refractivity (Wildman–Crippen MR) is 97.1 cm³/mol. The molecule has 0 aliphatic heterocycles. The van der Waals surface area contributed by atoms with Gasteiger partial charge in [0, 0.05) is 18.1 Å². The standard InChI is InChI=1S/C15H24ClNO3.C2H2O4/c1-12-10-14(11-13(2)15(12)16)20-9-8-19-7-5-17(3)4-6-18;3-1(4)2(5)6/h10-11,18H,4-9H2,1-3H3;(H,3,4)(H,5,6). The highest BCUT2D eigenvalue weighted by atomic mass is 35.5. The molecule has 0 radical (unpaired) electrons. The number of ether oxygens (including phenoxy) is 2. The molecule has 0 aliphatic carbocycles. The number of halogens is 1. The zero-order chi connectivity index (χ0) is 20.1. The van der Waals surface area contributed by atoms with Crippen LogP contribution in [0.2, 0.25) is 5.02 Å². The summed E-state index contributed by atoms with van der Waals surface area (Å²) in [4.78, 5) is 20.2. The summed E-state index contributed by atoms with van der Waals surface area (Å²) in [7, 11) is 1.95. The molecule has 0 atom stereocenters. The van der Waals surface area contributed by atoms with Crippen LogP contribution in [0.3, 0.4) is 0 Å². The quantitative estimate of drug-likeness (QED) is 0.427. The van der Waals surface area contributed by atoms with Crippen LogP contribution in [0, 0.1) is 13.8 Å². The van der Waals surface area contributed by atoms with E-state index in [1.165, 1.54) is 0 Å². The summed E-state index contributed by atoms with van der Waals surface area (Å²) >= 11 is 6.10. The first-order valence-electron chi connectivity index (χ1n) is 7.92. The summed E-state index contributed by atoms with van der Waals surface area (Å²) in [6.07, 6.45) is 0. The Bertz CT molecular complexity index is 545. The Morgan fingerprint density at radius 1 is 1.04 bits per heavy atom. The van der Waals surface area contributed by atoms with Crippen LogP contribution in [-0.4, -0.2) is 78.7 Å². The number of carboxylic acid groups (broad SMARTS) is 2. The van der Waals surface area contributed by atoms with Crippen LogP contribution in [0.25, 0.3) is 0 Å². The van der Waals surface area contributed by atoms with Gasteiger partial charge in [-0.3, -0.25) is 0 Å². The van der Waals surface area contributed by atoms with E-state index in [4.69, 9.17) is 46.0 Å². The number of aliphatic hydroxyl groups is 1. The average Bonchev–Trinajstić information content (AvgIpc) is 2.56. The van der Waals surface area contributed by atoms with Crippen LogP contribution in [0.1, 0.15) is 11.1 Å². The van der Waals surface area contributed by atoms with Gasteiger partial charge in [-0.2, -0.15) is 0 Å². The van der Waals surface area contributed by atoms with E-state index >= 15 is 0 Å². The Morgan fingerprint density at radius 2 is 1.58 bits per heavy atom. The van der Waals surface area contributed by atoms with Crippen molar-refractivity contribution in [2.75, 3.05) is 46.6 Å². The Balaban J connectivity index is 0.000000896. The van der Waals surface area contributed by atoms with Gasteiger partial charge in [0.15, 0.2) is 0 Å². The zero-order valence-electron chi connectivity index (χ0n) is 15.2. The van der Waals surface area contributed by atoms with Crippen LogP contribution >= 0.6 is 11.6 Å². The van der Waals surface area contributed by atoms with Crippen LogP contribution < -0.4 is 4.74 Å². The smallest absolute Gasteiger partial charge is 0.414 e. The summed E-state index contributed by atoms with van der Waals surface area (Å²) in [6, 6.07) is 3.87. The number of aliphatic carboxylic acids is 2. The Morgan fingerprint density at radius 3 is 2.04 bits per heavy atom. The lowest BCUT2D eigenvalue weighted by Gasteiger charge is -2.15. The molecule has 0 spiro atoms. The number of benzene rings is 1. The molecule has 9 heteroatoms. The van der Waals surface area contributed by atoms with Crippen molar-refractivity contribution in [1.82, 2.24) is 4.90 Å². The molecule has 0 heterocycles. The first-order chi connectivity index (χ1) is 12.2. The molecular weight excluding hydrogens is 366 g/mol. The van der Waals surface area contributed by atoms with E-state index in [0.29, 0.717) is 26.4 Å². The molecule has 148 valence electrons. The molecule has 0 unspecified atom stereocenters. The third-order valence-corrected chi connectivity index (χ3v) is 3.78. The second-order valence-electron chi connectivity index (χ2n) is 5.47. The van der Waals surface area contributed by atoms with Crippen LogP contribution in [0.5, 0.6) is 5.75 Å². The Hall–Kier alpha value is -1.87. The molecule has 1 aromatic rings. The number of carbonyl (C=O) groups is 2. The van der Waals surface area contributed by atoms with E-state index in [2.05, 4.69) is 0 Å². The minimum atomic E-state index is -1.82. The SMILES string of the molecule is Cc1cc(OCCOCCN(C)CCO)cc(C)c1Cl.O=C(O)C(=O)O. The van der Waals surface area contributed by atoms with E-state index in [9.17, 15) is 0 Å². The molecule has 0 aliphatic rings. The van der Waals surface area contributed by atoms with Crippen molar-refractivity contribution in [3.8, 4) is 5.75 Å². The van der Waals surface area contributed by atoms with Gasteiger partial charge in [0.1, 0.15) is 12.4 Å². The van der Waals surface area contributed by atoms with Gasteiger partial charge in [-0.05, 0) is 44.2 Å². The van der Waals surface area contributed by atoms with Crippen molar-refractivity contribution >= 4 is 23.5 Å². The van der Waals surface area contributed by atoms with Crippen molar-refractivity contribution in [2.45, 2.75) is 13.8 Å². The number of aryl methyl sites for hydroxylation is 2. The largest absolute Gasteiger partial charge is 0.491 e. The summed E-state index contributed by atoms with van der Waals surface area (Å²) in [5.41, 5.74) is 2.04. The van der Waals surface area contributed by atoms with Crippen molar-refractivity contribution in [1.29, 1.82) is 0 Å².